The Bertz CT molecular complexity index is 1610. The molecule has 1 aliphatic carbocycles. The zero-order valence-electron chi connectivity index (χ0n) is 21.7. The third kappa shape index (κ3) is 5.35. The third-order valence-corrected chi connectivity index (χ3v) is 8.14. The van der Waals surface area contributed by atoms with Crippen LogP contribution in [0.2, 0.25) is 15.1 Å². The molecule has 2 aliphatic rings. The lowest BCUT2D eigenvalue weighted by molar-refractivity contribution is 0.00710. The standard InChI is InChI=1S/C29H23Cl3FN3O5/c1-39-28(37)16-4-7-24(34-11-16)36-13-29(38,14-36)20-6-5-18(10-21(20)30)40-12-19-26(35-41-27(19)15-2-3-15)25-22(31)8-17(33)9-23(25)32/h4-11,15,38H,2-3,12-14H2,1H3. The predicted molar refractivity (Wildman–Crippen MR) is 151 cm³/mol. The van der Waals surface area contributed by atoms with Crippen molar-refractivity contribution in [3.63, 3.8) is 0 Å². The van der Waals surface area contributed by atoms with Crippen molar-refractivity contribution in [2.24, 2.45) is 0 Å². The van der Waals surface area contributed by atoms with Gasteiger partial charge in [0.05, 0.1) is 46.4 Å². The topological polar surface area (TPSA) is 97.9 Å². The summed E-state index contributed by atoms with van der Waals surface area (Å²) in [6, 6.07) is 10.8. The summed E-state index contributed by atoms with van der Waals surface area (Å²) in [6.45, 7) is 0.632. The Morgan fingerprint density at radius 2 is 1.85 bits per heavy atom. The zero-order valence-corrected chi connectivity index (χ0v) is 23.9. The van der Waals surface area contributed by atoms with Gasteiger partial charge in [0.1, 0.15) is 41.0 Å². The molecule has 0 radical (unpaired) electrons. The maximum atomic E-state index is 13.8. The number of aliphatic hydroxyl groups is 1. The first-order valence-corrected chi connectivity index (χ1v) is 13.9. The predicted octanol–water partition coefficient (Wildman–Crippen LogP) is 6.79. The number of anilines is 1. The molecule has 0 spiro atoms. The van der Waals surface area contributed by atoms with Gasteiger partial charge in [-0.3, -0.25) is 0 Å². The first-order valence-electron chi connectivity index (χ1n) is 12.7. The molecule has 2 aromatic heterocycles. The number of rotatable bonds is 8. The Morgan fingerprint density at radius 3 is 2.46 bits per heavy atom. The monoisotopic (exact) mass is 617 g/mol. The van der Waals surface area contributed by atoms with Crippen molar-refractivity contribution >= 4 is 46.6 Å². The molecular weight excluding hydrogens is 596 g/mol. The second-order valence-electron chi connectivity index (χ2n) is 10.1. The lowest BCUT2D eigenvalue weighted by atomic mass is 9.86. The molecule has 0 unspecified atom stereocenters. The molecule has 8 nitrogen and oxygen atoms in total. The summed E-state index contributed by atoms with van der Waals surface area (Å²) >= 11 is 19.2. The molecule has 2 aromatic carbocycles. The molecule has 1 N–H and O–H groups in total. The number of hydrogen-bond donors (Lipinski definition) is 1. The molecular formula is C29H23Cl3FN3O5. The van der Waals surface area contributed by atoms with Crippen LogP contribution in [0.1, 0.15) is 46.0 Å². The van der Waals surface area contributed by atoms with Crippen LogP contribution in [-0.2, 0) is 16.9 Å². The van der Waals surface area contributed by atoms with E-state index in [-0.39, 0.29) is 35.7 Å². The highest BCUT2D eigenvalue weighted by molar-refractivity contribution is 6.39. The summed E-state index contributed by atoms with van der Waals surface area (Å²) < 4.78 is 30.2. The molecule has 3 heterocycles. The van der Waals surface area contributed by atoms with Crippen molar-refractivity contribution in [2.45, 2.75) is 31.0 Å². The Balaban J connectivity index is 1.17. The minimum absolute atomic E-state index is 0.0929. The van der Waals surface area contributed by atoms with E-state index in [0.717, 1.165) is 12.8 Å². The summed E-state index contributed by atoms with van der Waals surface area (Å²) in [4.78, 5) is 17.8. The quantitative estimate of drug-likeness (QED) is 0.216. The van der Waals surface area contributed by atoms with Crippen LogP contribution < -0.4 is 9.64 Å². The molecule has 1 saturated heterocycles. The van der Waals surface area contributed by atoms with E-state index in [1.807, 2.05) is 4.90 Å². The van der Waals surface area contributed by atoms with Gasteiger partial charge in [0.2, 0.25) is 0 Å². The Kier molecular flexibility index (Phi) is 7.32. The average Bonchev–Trinajstić information content (AvgIpc) is 3.69. The number of β-amino-alcohol motifs (C(OH)–C–C–N with tert-alkyl or cyclic N) is 1. The number of carbonyl (C=O) groups is 1. The fourth-order valence-electron chi connectivity index (χ4n) is 4.94. The van der Waals surface area contributed by atoms with Crippen molar-refractivity contribution in [3.8, 4) is 17.0 Å². The van der Waals surface area contributed by atoms with E-state index in [1.165, 1.54) is 25.4 Å². The Hall–Kier alpha value is -3.37. The molecule has 212 valence electrons. The number of methoxy groups -OCH3 is 1. The third-order valence-electron chi connectivity index (χ3n) is 7.23. The smallest absolute Gasteiger partial charge is 0.339 e. The van der Waals surface area contributed by atoms with Crippen molar-refractivity contribution < 1.29 is 28.3 Å². The van der Waals surface area contributed by atoms with Crippen LogP contribution in [0, 0.1) is 5.82 Å². The van der Waals surface area contributed by atoms with Gasteiger partial charge in [-0.05, 0) is 49.2 Å². The van der Waals surface area contributed by atoms with E-state index >= 15 is 0 Å². The fraction of sp³-hybridized carbons (Fsp3) is 0.276. The van der Waals surface area contributed by atoms with Gasteiger partial charge >= 0.3 is 5.97 Å². The van der Waals surface area contributed by atoms with Crippen molar-refractivity contribution in [2.75, 3.05) is 25.1 Å². The van der Waals surface area contributed by atoms with E-state index in [1.54, 1.807) is 30.3 Å². The molecule has 2 fully saturated rings. The van der Waals surface area contributed by atoms with E-state index < -0.39 is 17.4 Å². The van der Waals surface area contributed by atoms with Crippen LogP contribution in [0.5, 0.6) is 5.75 Å². The lowest BCUT2D eigenvalue weighted by Crippen LogP contribution is -2.60. The van der Waals surface area contributed by atoms with Crippen LogP contribution in [0.4, 0.5) is 10.2 Å². The number of carbonyl (C=O) groups excluding carboxylic acids is 1. The number of pyridine rings is 1. The van der Waals surface area contributed by atoms with Gasteiger partial charge < -0.3 is 24.0 Å². The van der Waals surface area contributed by atoms with Gasteiger partial charge in [0, 0.05) is 23.2 Å². The fourth-order valence-corrected chi connectivity index (χ4v) is 5.93. The van der Waals surface area contributed by atoms with Gasteiger partial charge in [-0.1, -0.05) is 46.0 Å². The number of nitrogens with zero attached hydrogens (tertiary/aromatic N) is 3. The SMILES string of the molecule is COC(=O)c1ccc(N2CC(O)(c3ccc(OCc4c(-c5c(Cl)cc(F)cc5Cl)noc4C4CC4)cc3Cl)C2)nc1. The maximum absolute atomic E-state index is 13.8. The molecule has 41 heavy (non-hydrogen) atoms. The van der Waals surface area contributed by atoms with Crippen molar-refractivity contribution in [1.82, 2.24) is 10.1 Å². The first-order chi connectivity index (χ1) is 19.7. The lowest BCUT2D eigenvalue weighted by Gasteiger charge is -2.47. The Morgan fingerprint density at radius 1 is 1.12 bits per heavy atom. The Labute approximate surface area is 249 Å². The molecule has 4 aromatic rings. The highest BCUT2D eigenvalue weighted by Crippen LogP contribution is 2.46. The van der Waals surface area contributed by atoms with Crippen LogP contribution in [0.15, 0.2) is 53.2 Å². The summed E-state index contributed by atoms with van der Waals surface area (Å²) in [5, 5.41) is 16.0. The molecule has 0 atom stereocenters. The number of halogens is 4. The van der Waals surface area contributed by atoms with Crippen molar-refractivity contribution in [3.05, 3.63) is 92.0 Å². The number of esters is 1. The second-order valence-corrected chi connectivity index (χ2v) is 11.3. The normalized spacial score (nSPS) is 15.9. The number of aromatic nitrogens is 2. The van der Waals surface area contributed by atoms with E-state index in [9.17, 15) is 14.3 Å². The molecule has 1 aliphatic heterocycles. The van der Waals surface area contributed by atoms with E-state index in [4.69, 9.17) is 48.8 Å². The molecule has 1 saturated carbocycles. The van der Waals surface area contributed by atoms with Crippen LogP contribution in [0.25, 0.3) is 11.3 Å². The molecule has 0 amide bonds. The van der Waals surface area contributed by atoms with Crippen LogP contribution >= 0.6 is 34.8 Å². The highest BCUT2D eigenvalue weighted by Gasteiger charge is 2.44. The van der Waals surface area contributed by atoms with Gasteiger partial charge in [-0.25, -0.2) is 14.2 Å². The molecule has 0 bridgehead atoms. The first kappa shape index (κ1) is 27.8. The number of ether oxygens (including phenoxy) is 2. The summed E-state index contributed by atoms with van der Waals surface area (Å²) in [5.74, 6) is 0.994. The van der Waals surface area contributed by atoms with Gasteiger partial charge in [0.25, 0.3) is 0 Å². The molecule has 6 rings (SSSR count). The number of benzene rings is 2. The summed E-state index contributed by atoms with van der Waals surface area (Å²) in [6.07, 6.45) is 3.37. The van der Waals surface area contributed by atoms with E-state index in [2.05, 4.69) is 10.1 Å². The summed E-state index contributed by atoms with van der Waals surface area (Å²) in [7, 11) is 1.31. The number of hydrogen-bond acceptors (Lipinski definition) is 8. The van der Waals surface area contributed by atoms with Crippen LogP contribution in [-0.4, -0.2) is 41.4 Å². The zero-order chi connectivity index (χ0) is 28.9. The van der Waals surface area contributed by atoms with Gasteiger partial charge in [-0.2, -0.15) is 0 Å². The maximum Gasteiger partial charge on any atom is 0.339 e. The summed E-state index contributed by atoms with van der Waals surface area (Å²) in [5.41, 5.74) is 1.18. The second kappa shape index (κ2) is 10.8. The van der Waals surface area contributed by atoms with E-state index in [0.29, 0.717) is 50.3 Å². The molecule has 12 heteroatoms. The highest BCUT2D eigenvalue weighted by atomic mass is 35.5. The van der Waals surface area contributed by atoms with Crippen molar-refractivity contribution in [1.29, 1.82) is 0 Å². The van der Waals surface area contributed by atoms with Crippen LogP contribution in [0.3, 0.4) is 0 Å². The largest absolute Gasteiger partial charge is 0.489 e. The average molecular weight is 619 g/mol. The van der Waals surface area contributed by atoms with Gasteiger partial charge in [0.15, 0.2) is 0 Å². The minimum atomic E-state index is -1.19. The van der Waals surface area contributed by atoms with Gasteiger partial charge in [-0.15, -0.1) is 0 Å². The minimum Gasteiger partial charge on any atom is -0.489 e.